The summed E-state index contributed by atoms with van der Waals surface area (Å²) in [7, 11) is 1.75. The average molecular weight is 263 g/mol. The smallest absolute Gasteiger partial charge is 0.0683 e. The van der Waals surface area contributed by atoms with Crippen LogP contribution in [0, 0.1) is 5.92 Å². The van der Waals surface area contributed by atoms with E-state index in [0.29, 0.717) is 18.6 Å². The second-order valence-corrected chi connectivity index (χ2v) is 5.59. The molecule has 1 aliphatic rings. The highest BCUT2D eigenvalue weighted by molar-refractivity contribution is 5.23. The molecule has 0 spiro atoms. The summed E-state index contributed by atoms with van der Waals surface area (Å²) in [5, 5.41) is 3.68. The van der Waals surface area contributed by atoms with Crippen LogP contribution in [-0.4, -0.2) is 32.8 Å². The van der Waals surface area contributed by atoms with Gasteiger partial charge in [-0.1, -0.05) is 30.3 Å². The van der Waals surface area contributed by atoms with Crippen molar-refractivity contribution in [3.8, 4) is 0 Å². The van der Waals surface area contributed by atoms with Gasteiger partial charge < -0.3 is 10.1 Å². The van der Waals surface area contributed by atoms with Gasteiger partial charge in [0, 0.05) is 32.2 Å². The zero-order chi connectivity index (χ0) is 13.7. The van der Waals surface area contributed by atoms with Gasteiger partial charge in [-0.05, 0) is 19.4 Å². The minimum Gasteiger partial charge on any atom is -0.382 e. The summed E-state index contributed by atoms with van der Waals surface area (Å²) in [6, 6.07) is 11.0. The van der Waals surface area contributed by atoms with E-state index in [2.05, 4.69) is 54.3 Å². The lowest BCUT2D eigenvalue weighted by Gasteiger charge is -2.32. The maximum absolute atomic E-state index is 5.41. The molecule has 3 unspecified atom stereocenters. The lowest BCUT2D eigenvalue weighted by molar-refractivity contribution is 0.115. The maximum Gasteiger partial charge on any atom is 0.0683 e. The number of benzene rings is 1. The van der Waals surface area contributed by atoms with Crippen molar-refractivity contribution < 1.29 is 4.74 Å². The standard InChI is InChI=1S/C15H25N3O/c1-12-13(10-17-18-12)9-16-15(2,11-19-3)14-7-5-4-6-8-14/h4-8,12-13,16-18H,9-11H2,1-3H3. The first-order valence-corrected chi connectivity index (χ1v) is 6.93. The third-order valence-electron chi connectivity index (χ3n) is 4.00. The molecule has 1 heterocycles. The summed E-state index contributed by atoms with van der Waals surface area (Å²) >= 11 is 0. The lowest BCUT2D eigenvalue weighted by atomic mass is 9.91. The van der Waals surface area contributed by atoms with Crippen molar-refractivity contribution in [3.63, 3.8) is 0 Å². The van der Waals surface area contributed by atoms with Crippen molar-refractivity contribution >= 4 is 0 Å². The molecule has 0 aliphatic carbocycles. The summed E-state index contributed by atoms with van der Waals surface area (Å²) < 4.78 is 5.41. The molecule has 1 aliphatic heterocycles. The normalized spacial score (nSPS) is 26.3. The Morgan fingerprint density at radius 2 is 2.11 bits per heavy atom. The topological polar surface area (TPSA) is 45.3 Å². The van der Waals surface area contributed by atoms with E-state index in [1.807, 2.05) is 6.07 Å². The lowest BCUT2D eigenvalue weighted by Crippen LogP contribution is -2.47. The number of hydrazine groups is 1. The Labute approximate surface area is 115 Å². The largest absolute Gasteiger partial charge is 0.382 e. The number of ether oxygens (including phenoxy) is 1. The van der Waals surface area contributed by atoms with E-state index in [4.69, 9.17) is 4.74 Å². The van der Waals surface area contributed by atoms with Crippen LogP contribution in [0.15, 0.2) is 30.3 Å². The Bertz CT molecular complexity index is 384. The minimum absolute atomic E-state index is 0.141. The fourth-order valence-corrected chi connectivity index (χ4v) is 2.58. The second kappa shape index (κ2) is 6.48. The fourth-order valence-electron chi connectivity index (χ4n) is 2.58. The van der Waals surface area contributed by atoms with Crippen molar-refractivity contribution in [2.45, 2.75) is 25.4 Å². The molecular weight excluding hydrogens is 238 g/mol. The summed E-state index contributed by atoms with van der Waals surface area (Å²) in [5.74, 6) is 0.597. The van der Waals surface area contributed by atoms with E-state index in [9.17, 15) is 0 Å². The molecule has 1 aromatic rings. The van der Waals surface area contributed by atoms with Crippen LogP contribution in [0.2, 0.25) is 0 Å². The predicted molar refractivity (Wildman–Crippen MR) is 77.8 cm³/mol. The summed E-state index contributed by atoms with van der Waals surface area (Å²) in [5.41, 5.74) is 7.59. The number of methoxy groups -OCH3 is 1. The maximum atomic E-state index is 5.41. The second-order valence-electron chi connectivity index (χ2n) is 5.59. The molecule has 1 aromatic carbocycles. The van der Waals surface area contributed by atoms with E-state index in [1.165, 1.54) is 5.56 Å². The Balaban J connectivity index is 2.03. The Hall–Kier alpha value is -0.940. The molecule has 4 heteroatoms. The average Bonchev–Trinajstić information content (AvgIpc) is 2.83. The Kier molecular flexibility index (Phi) is 4.93. The van der Waals surface area contributed by atoms with Gasteiger partial charge in [0.2, 0.25) is 0 Å². The third kappa shape index (κ3) is 3.54. The van der Waals surface area contributed by atoms with E-state index in [0.717, 1.165) is 13.1 Å². The SMILES string of the molecule is COCC(C)(NCC1CNNC1C)c1ccccc1. The molecule has 3 N–H and O–H groups in total. The summed E-state index contributed by atoms with van der Waals surface area (Å²) in [6.07, 6.45) is 0. The molecule has 19 heavy (non-hydrogen) atoms. The monoisotopic (exact) mass is 263 g/mol. The van der Waals surface area contributed by atoms with Crippen LogP contribution in [0.4, 0.5) is 0 Å². The molecule has 0 radical (unpaired) electrons. The highest BCUT2D eigenvalue weighted by atomic mass is 16.5. The minimum atomic E-state index is -0.141. The van der Waals surface area contributed by atoms with Gasteiger partial charge in [-0.3, -0.25) is 10.9 Å². The van der Waals surface area contributed by atoms with Gasteiger partial charge in [-0.2, -0.15) is 0 Å². The van der Waals surface area contributed by atoms with E-state index >= 15 is 0 Å². The van der Waals surface area contributed by atoms with Gasteiger partial charge in [0.15, 0.2) is 0 Å². The molecule has 3 atom stereocenters. The number of nitrogens with one attached hydrogen (secondary N) is 3. The molecule has 1 fully saturated rings. The molecule has 1 saturated heterocycles. The molecule has 4 nitrogen and oxygen atoms in total. The van der Waals surface area contributed by atoms with Gasteiger partial charge in [0.25, 0.3) is 0 Å². The predicted octanol–water partition coefficient (Wildman–Crippen LogP) is 1.25. The van der Waals surface area contributed by atoms with E-state index < -0.39 is 0 Å². The first-order valence-electron chi connectivity index (χ1n) is 6.93. The van der Waals surface area contributed by atoms with Crippen molar-refractivity contribution in [1.29, 1.82) is 0 Å². The van der Waals surface area contributed by atoms with Crippen LogP contribution in [0.5, 0.6) is 0 Å². The first-order chi connectivity index (χ1) is 9.15. The molecule has 0 aromatic heterocycles. The molecule has 0 bridgehead atoms. The van der Waals surface area contributed by atoms with Crippen molar-refractivity contribution in [2.24, 2.45) is 5.92 Å². The molecule has 0 saturated carbocycles. The third-order valence-corrected chi connectivity index (χ3v) is 4.00. The zero-order valence-electron chi connectivity index (χ0n) is 12.1. The fraction of sp³-hybridized carbons (Fsp3) is 0.600. The Morgan fingerprint density at radius 3 is 2.68 bits per heavy atom. The first kappa shape index (κ1) is 14.5. The van der Waals surface area contributed by atoms with Crippen LogP contribution in [0.3, 0.4) is 0 Å². The highest BCUT2D eigenvalue weighted by Crippen LogP contribution is 2.21. The molecule has 0 amide bonds. The van der Waals surface area contributed by atoms with Gasteiger partial charge in [-0.25, -0.2) is 0 Å². The van der Waals surface area contributed by atoms with Crippen LogP contribution in [0.25, 0.3) is 0 Å². The number of rotatable bonds is 6. The number of hydrogen-bond acceptors (Lipinski definition) is 4. The van der Waals surface area contributed by atoms with E-state index in [1.54, 1.807) is 7.11 Å². The van der Waals surface area contributed by atoms with E-state index in [-0.39, 0.29) is 5.54 Å². The van der Waals surface area contributed by atoms with Crippen molar-refractivity contribution in [1.82, 2.24) is 16.2 Å². The Morgan fingerprint density at radius 1 is 1.37 bits per heavy atom. The quantitative estimate of drug-likeness (QED) is 0.723. The van der Waals surface area contributed by atoms with Gasteiger partial charge in [-0.15, -0.1) is 0 Å². The summed E-state index contributed by atoms with van der Waals surface area (Å²) in [6.45, 7) is 7.05. The molecule has 106 valence electrons. The highest BCUT2D eigenvalue weighted by Gasteiger charge is 2.29. The van der Waals surface area contributed by atoms with Gasteiger partial charge >= 0.3 is 0 Å². The number of hydrogen-bond donors (Lipinski definition) is 3. The van der Waals surface area contributed by atoms with Crippen LogP contribution >= 0.6 is 0 Å². The van der Waals surface area contributed by atoms with Crippen molar-refractivity contribution in [2.75, 3.05) is 26.8 Å². The molecular formula is C15H25N3O. The molecule has 2 rings (SSSR count). The van der Waals surface area contributed by atoms with Gasteiger partial charge in [0.05, 0.1) is 12.1 Å². The van der Waals surface area contributed by atoms with Crippen LogP contribution < -0.4 is 16.2 Å². The summed E-state index contributed by atoms with van der Waals surface area (Å²) in [4.78, 5) is 0. The van der Waals surface area contributed by atoms with Crippen LogP contribution in [0.1, 0.15) is 19.4 Å². The zero-order valence-corrected chi connectivity index (χ0v) is 12.1. The van der Waals surface area contributed by atoms with Gasteiger partial charge in [0.1, 0.15) is 0 Å². The van der Waals surface area contributed by atoms with Crippen LogP contribution in [-0.2, 0) is 10.3 Å². The van der Waals surface area contributed by atoms with Crippen molar-refractivity contribution in [3.05, 3.63) is 35.9 Å².